The zero-order chi connectivity index (χ0) is 13.0. The van der Waals surface area contributed by atoms with Gasteiger partial charge in [-0.05, 0) is 24.3 Å². The van der Waals surface area contributed by atoms with Gasteiger partial charge in [0.05, 0.1) is 10.6 Å². The van der Waals surface area contributed by atoms with Crippen molar-refractivity contribution in [3.8, 4) is 0 Å². The number of carbonyl (C=O) groups excluding carboxylic acids is 1. The Kier molecular flexibility index (Phi) is 3.29. The molecule has 1 amide bonds. The summed E-state index contributed by atoms with van der Waals surface area (Å²) in [7, 11) is 0. The van der Waals surface area contributed by atoms with Gasteiger partial charge >= 0.3 is 0 Å². The molecule has 1 heterocycles. The number of rotatable bonds is 4. The number of nitro groups is 1. The van der Waals surface area contributed by atoms with Crippen LogP contribution < -0.4 is 4.90 Å². The van der Waals surface area contributed by atoms with Crippen molar-refractivity contribution < 1.29 is 9.72 Å². The standard InChI is InChI=1S/C12H9N3O3/c16-9-14(12-3-1-2-8-13-12)10-4-6-11(7-5-10)15(17)18/h1-9H. The van der Waals surface area contributed by atoms with Crippen molar-refractivity contribution in [3.63, 3.8) is 0 Å². The molecule has 0 bridgehead atoms. The molecule has 2 rings (SSSR count). The van der Waals surface area contributed by atoms with Crippen LogP contribution in [-0.4, -0.2) is 16.3 Å². The maximum absolute atomic E-state index is 11.1. The Morgan fingerprint density at radius 2 is 1.89 bits per heavy atom. The Morgan fingerprint density at radius 1 is 1.17 bits per heavy atom. The molecule has 18 heavy (non-hydrogen) atoms. The topological polar surface area (TPSA) is 76.3 Å². The van der Waals surface area contributed by atoms with Gasteiger partial charge in [-0.1, -0.05) is 6.07 Å². The fourth-order valence-electron chi connectivity index (χ4n) is 1.48. The monoisotopic (exact) mass is 243 g/mol. The fourth-order valence-corrected chi connectivity index (χ4v) is 1.48. The molecule has 0 fully saturated rings. The molecule has 0 unspecified atom stereocenters. The Balaban J connectivity index is 2.34. The summed E-state index contributed by atoms with van der Waals surface area (Å²) < 4.78 is 0. The largest absolute Gasteiger partial charge is 0.278 e. The first kappa shape index (κ1) is 11.7. The third-order valence-corrected chi connectivity index (χ3v) is 2.34. The van der Waals surface area contributed by atoms with E-state index in [1.807, 2.05) is 0 Å². The van der Waals surface area contributed by atoms with Gasteiger partial charge < -0.3 is 0 Å². The zero-order valence-electron chi connectivity index (χ0n) is 9.26. The Bertz CT molecular complexity index is 555. The second-order valence-electron chi connectivity index (χ2n) is 3.44. The molecule has 0 aliphatic rings. The second kappa shape index (κ2) is 5.05. The van der Waals surface area contributed by atoms with Crippen molar-refractivity contribution >= 4 is 23.6 Å². The maximum atomic E-state index is 11.1. The minimum Gasteiger partial charge on any atom is -0.278 e. The molecular formula is C12H9N3O3. The summed E-state index contributed by atoms with van der Waals surface area (Å²) in [4.78, 5) is 26.5. The molecule has 1 aromatic carbocycles. The van der Waals surface area contributed by atoms with Crippen molar-refractivity contribution in [2.75, 3.05) is 4.90 Å². The molecule has 0 saturated carbocycles. The third kappa shape index (κ3) is 2.32. The van der Waals surface area contributed by atoms with E-state index in [0.29, 0.717) is 17.9 Å². The smallest absolute Gasteiger partial charge is 0.269 e. The van der Waals surface area contributed by atoms with Gasteiger partial charge in [0.1, 0.15) is 5.82 Å². The van der Waals surface area contributed by atoms with Crippen LogP contribution in [0.5, 0.6) is 0 Å². The van der Waals surface area contributed by atoms with Crippen LogP contribution in [0.4, 0.5) is 17.2 Å². The first-order valence-electron chi connectivity index (χ1n) is 5.12. The lowest BCUT2D eigenvalue weighted by Crippen LogP contribution is -2.15. The average molecular weight is 243 g/mol. The fraction of sp³-hybridized carbons (Fsp3) is 0. The van der Waals surface area contributed by atoms with Crippen LogP contribution in [0.1, 0.15) is 0 Å². The van der Waals surface area contributed by atoms with Gasteiger partial charge in [-0.2, -0.15) is 0 Å². The highest BCUT2D eigenvalue weighted by Gasteiger charge is 2.11. The lowest BCUT2D eigenvalue weighted by Gasteiger charge is -2.15. The van der Waals surface area contributed by atoms with Crippen LogP contribution in [0.25, 0.3) is 0 Å². The number of nitro benzene ring substituents is 1. The molecule has 90 valence electrons. The molecule has 6 heteroatoms. The predicted octanol–water partition coefficient (Wildman–Crippen LogP) is 2.28. The minimum absolute atomic E-state index is 0.0226. The number of hydrogen-bond donors (Lipinski definition) is 0. The van der Waals surface area contributed by atoms with Crippen molar-refractivity contribution in [1.82, 2.24) is 4.98 Å². The quantitative estimate of drug-likeness (QED) is 0.469. The molecule has 0 atom stereocenters. The predicted molar refractivity (Wildman–Crippen MR) is 65.5 cm³/mol. The van der Waals surface area contributed by atoms with Crippen LogP contribution in [0.2, 0.25) is 0 Å². The lowest BCUT2D eigenvalue weighted by atomic mass is 10.2. The molecule has 0 aliphatic carbocycles. The van der Waals surface area contributed by atoms with Crippen LogP contribution >= 0.6 is 0 Å². The van der Waals surface area contributed by atoms with Crippen molar-refractivity contribution in [1.29, 1.82) is 0 Å². The number of hydrogen-bond acceptors (Lipinski definition) is 4. The molecule has 1 aromatic heterocycles. The number of carbonyl (C=O) groups is 1. The van der Waals surface area contributed by atoms with Crippen molar-refractivity contribution in [2.45, 2.75) is 0 Å². The normalized spacial score (nSPS) is 9.78. The van der Waals surface area contributed by atoms with E-state index in [2.05, 4.69) is 4.98 Å². The number of nitrogens with zero attached hydrogens (tertiary/aromatic N) is 3. The summed E-state index contributed by atoms with van der Waals surface area (Å²) in [6, 6.07) is 10.9. The number of aromatic nitrogens is 1. The van der Waals surface area contributed by atoms with Crippen LogP contribution in [0.3, 0.4) is 0 Å². The van der Waals surface area contributed by atoms with E-state index in [1.54, 1.807) is 24.4 Å². The Labute approximate surface area is 103 Å². The summed E-state index contributed by atoms with van der Waals surface area (Å²) in [5, 5.41) is 10.5. The molecule has 0 spiro atoms. The van der Waals surface area contributed by atoms with Crippen LogP contribution in [0.15, 0.2) is 48.7 Å². The van der Waals surface area contributed by atoms with E-state index in [-0.39, 0.29) is 5.69 Å². The molecular weight excluding hydrogens is 234 g/mol. The summed E-state index contributed by atoms with van der Waals surface area (Å²) >= 11 is 0. The highest BCUT2D eigenvalue weighted by atomic mass is 16.6. The first-order valence-corrected chi connectivity index (χ1v) is 5.12. The Hall–Kier alpha value is -2.76. The summed E-state index contributed by atoms with van der Waals surface area (Å²) in [5.41, 5.74) is 0.500. The van der Waals surface area contributed by atoms with E-state index in [0.717, 1.165) is 0 Å². The average Bonchev–Trinajstić information content (AvgIpc) is 2.41. The van der Waals surface area contributed by atoms with Crippen LogP contribution in [0, 0.1) is 10.1 Å². The highest BCUT2D eigenvalue weighted by molar-refractivity contribution is 5.84. The first-order chi connectivity index (χ1) is 8.72. The van der Waals surface area contributed by atoms with Gasteiger partial charge in [-0.15, -0.1) is 0 Å². The number of anilines is 2. The van der Waals surface area contributed by atoms with E-state index >= 15 is 0 Å². The second-order valence-corrected chi connectivity index (χ2v) is 3.44. The lowest BCUT2D eigenvalue weighted by molar-refractivity contribution is -0.384. The zero-order valence-corrected chi connectivity index (χ0v) is 9.26. The van der Waals surface area contributed by atoms with Gasteiger partial charge in [-0.3, -0.25) is 19.8 Å². The third-order valence-electron chi connectivity index (χ3n) is 2.34. The van der Waals surface area contributed by atoms with Crippen molar-refractivity contribution in [2.24, 2.45) is 0 Å². The van der Waals surface area contributed by atoms with E-state index in [1.165, 1.54) is 29.2 Å². The van der Waals surface area contributed by atoms with Crippen molar-refractivity contribution in [3.05, 3.63) is 58.8 Å². The van der Waals surface area contributed by atoms with E-state index < -0.39 is 4.92 Å². The molecule has 0 N–H and O–H groups in total. The molecule has 6 nitrogen and oxygen atoms in total. The van der Waals surface area contributed by atoms with Gasteiger partial charge in [-0.25, -0.2) is 4.98 Å². The van der Waals surface area contributed by atoms with Gasteiger partial charge in [0.25, 0.3) is 5.69 Å². The maximum Gasteiger partial charge on any atom is 0.269 e. The number of pyridine rings is 1. The molecule has 2 aromatic rings. The van der Waals surface area contributed by atoms with Gasteiger partial charge in [0.15, 0.2) is 0 Å². The van der Waals surface area contributed by atoms with E-state index in [9.17, 15) is 14.9 Å². The summed E-state index contributed by atoms with van der Waals surface area (Å²) in [6.07, 6.45) is 2.18. The van der Waals surface area contributed by atoms with Gasteiger partial charge in [0, 0.05) is 18.3 Å². The summed E-state index contributed by atoms with van der Waals surface area (Å²) in [6.45, 7) is 0. The SMILES string of the molecule is O=CN(c1ccc([N+](=O)[O-])cc1)c1ccccn1. The number of benzene rings is 1. The molecule has 0 radical (unpaired) electrons. The number of amides is 1. The number of non-ortho nitro benzene ring substituents is 1. The Morgan fingerprint density at radius 3 is 2.39 bits per heavy atom. The highest BCUT2D eigenvalue weighted by Crippen LogP contribution is 2.23. The van der Waals surface area contributed by atoms with Gasteiger partial charge in [0.2, 0.25) is 6.41 Å². The molecule has 0 aliphatic heterocycles. The minimum atomic E-state index is -0.490. The molecule has 0 saturated heterocycles. The van der Waals surface area contributed by atoms with Crippen LogP contribution in [-0.2, 0) is 4.79 Å². The van der Waals surface area contributed by atoms with E-state index in [4.69, 9.17) is 0 Å². The summed E-state index contributed by atoms with van der Waals surface area (Å²) in [5.74, 6) is 0.460.